The van der Waals surface area contributed by atoms with E-state index in [1.807, 2.05) is 34.9 Å². The van der Waals surface area contributed by atoms with E-state index >= 15 is 0 Å². The maximum absolute atomic E-state index is 12.1. The van der Waals surface area contributed by atoms with Crippen molar-refractivity contribution < 1.29 is 4.79 Å². The number of nitrogens with one attached hydrogen (secondary N) is 1. The van der Waals surface area contributed by atoms with Gasteiger partial charge in [-0.2, -0.15) is 0 Å². The lowest BCUT2D eigenvalue weighted by Crippen LogP contribution is -2.33. The Labute approximate surface area is 148 Å². The first kappa shape index (κ1) is 18.5. The van der Waals surface area contributed by atoms with E-state index in [4.69, 9.17) is 0 Å². The first-order valence-electron chi connectivity index (χ1n) is 8.44. The molecule has 0 aliphatic heterocycles. The molecule has 0 saturated heterocycles. The fourth-order valence-corrected chi connectivity index (χ4v) is 3.18. The molecule has 0 aliphatic rings. The molecule has 2 aromatic rings. The summed E-state index contributed by atoms with van der Waals surface area (Å²) in [5, 5.41) is 11.8. The van der Waals surface area contributed by atoms with E-state index < -0.39 is 0 Å². The molecule has 0 radical (unpaired) electrons. The number of carbonyl (C=O) groups is 1. The lowest BCUT2D eigenvalue weighted by molar-refractivity contribution is -0.119. The molecule has 5 nitrogen and oxygen atoms in total. The molecule has 1 aromatic heterocycles. The molecule has 24 heavy (non-hydrogen) atoms. The molecule has 0 unspecified atom stereocenters. The molecule has 0 aliphatic carbocycles. The molecule has 130 valence electrons. The van der Waals surface area contributed by atoms with Crippen molar-refractivity contribution in [1.82, 2.24) is 20.1 Å². The number of carbonyl (C=O) groups excluding carboxylic acids is 1. The zero-order chi connectivity index (χ0) is 17.4. The minimum atomic E-state index is 0.0414. The Morgan fingerprint density at radius 2 is 1.96 bits per heavy atom. The molecule has 1 aromatic carbocycles. The van der Waals surface area contributed by atoms with Crippen molar-refractivity contribution in [1.29, 1.82) is 0 Å². The fourth-order valence-electron chi connectivity index (χ4n) is 2.44. The third kappa shape index (κ3) is 6.00. The van der Waals surface area contributed by atoms with Gasteiger partial charge in [-0.3, -0.25) is 9.36 Å². The van der Waals surface area contributed by atoms with Crippen LogP contribution in [0, 0.1) is 5.92 Å². The van der Waals surface area contributed by atoms with Crippen LogP contribution < -0.4 is 5.32 Å². The SMILES string of the molecule is CC(C)CCC[C@H](C)NC(=O)CSc1nncn1-c1ccccc1. The topological polar surface area (TPSA) is 59.8 Å². The summed E-state index contributed by atoms with van der Waals surface area (Å²) >= 11 is 1.40. The van der Waals surface area contributed by atoms with E-state index in [2.05, 4.69) is 36.3 Å². The molecule has 1 N–H and O–H groups in total. The molecule has 1 heterocycles. The minimum absolute atomic E-state index is 0.0414. The summed E-state index contributed by atoms with van der Waals surface area (Å²) in [6, 6.07) is 10.1. The molecule has 1 atom stereocenters. The molecule has 0 spiro atoms. The van der Waals surface area contributed by atoms with Gasteiger partial charge in [-0.1, -0.05) is 56.7 Å². The second kappa shape index (κ2) is 9.47. The lowest BCUT2D eigenvalue weighted by atomic mass is 10.0. The summed E-state index contributed by atoms with van der Waals surface area (Å²) in [4.78, 5) is 12.1. The molecule has 0 saturated carbocycles. The Morgan fingerprint density at radius 3 is 2.67 bits per heavy atom. The molecule has 2 rings (SSSR count). The van der Waals surface area contributed by atoms with Crippen LogP contribution in [0.3, 0.4) is 0 Å². The smallest absolute Gasteiger partial charge is 0.230 e. The lowest BCUT2D eigenvalue weighted by Gasteiger charge is -2.14. The van der Waals surface area contributed by atoms with Crippen molar-refractivity contribution in [3.63, 3.8) is 0 Å². The van der Waals surface area contributed by atoms with Crippen molar-refractivity contribution >= 4 is 17.7 Å². The Bertz CT molecular complexity index is 627. The summed E-state index contributed by atoms with van der Waals surface area (Å²) < 4.78 is 1.89. The maximum Gasteiger partial charge on any atom is 0.230 e. The molecule has 0 bridgehead atoms. The molecular weight excluding hydrogens is 320 g/mol. The predicted octanol–water partition coefficient (Wildman–Crippen LogP) is 3.69. The van der Waals surface area contributed by atoms with Crippen LogP contribution in [0.15, 0.2) is 41.8 Å². The number of rotatable bonds is 9. The first-order valence-corrected chi connectivity index (χ1v) is 9.42. The highest BCUT2D eigenvalue weighted by molar-refractivity contribution is 7.99. The van der Waals surface area contributed by atoms with Crippen LogP contribution in [0.25, 0.3) is 5.69 Å². The van der Waals surface area contributed by atoms with E-state index in [1.165, 1.54) is 18.2 Å². The third-order valence-corrected chi connectivity index (χ3v) is 4.65. The molecular formula is C18H26N4OS. The number of amides is 1. The van der Waals surface area contributed by atoms with E-state index in [-0.39, 0.29) is 11.9 Å². The highest BCUT2D eigenvalue weighted by Crippen LogP contribution is 2.19. The standard InChI is InChI=1S/C18H26N4OS/c1-14(2)8-7-9-15(3)20-17(23)12-24-18-21-19-13-22(18)16-10-5-4-6-11-16/h4-6,10-11,13-15H,7-9,12H2,1-3H3,(H,20,23)/t15-/m0/s1. The van der Waals surface area contributed by atoms with Crippen LogP contribution in [0.1, 0.15) is 40.0 Å². The molecule has 0 fully saturated rings. The number of para-hydroxylation sites is 1. The highest BCUT2D eigenvalue weighted by Gasteiger charge is 2.12. The summed E-state index contributed by atoms with van der Waals surface area (Å²) in [6.45, 7) is 6.51. The zero-order valence-corrected chi connectivity index (χ0v) is 15.4. The van der Waals surface area contributed by atoms with Crippen LogP contribution in [0.4, 0.5) is 0 Å². The van der Waals surface area contributed by atoms with Crippen LogP contribution in [-0.4, -0.2) is 32.5 Å². The quantitative estimate of drug-likeness (QED) is 0.704. The highest BCUT2D eigenvalue weighted by atomic mass is 32.2. The summed E-state index contributed by atoms with van der Waals surface area (Å²) in [5.41, 5.74) is 0.993. The number of hydrogen-bond acceptors (Lipinski definition) is 4. The number of aromatic nitrogens is 3. The second-order valence-corrected chi connectivity index (χ2v) is 7.34. The normalized spacial score (nSPS) is 12.3. The van der Waals surface area contributed by atoms with Gasteiger partial charge in [-0.05, 0) is 31.4 Å². The Morgan fingerprint density at radius 1 is 1.21 bits per heavy atom. The molecule has 1 amide bonds. The van der Waals surface area contributed by atoms with Gasteiger partial charge in [0.2, 0.25) is 5.91 Å². The van der Waals surface area contributed by atoms with Crippen LogP contribution >= 0.6 is 11.8 Å². The van der Waals surface area contributed by atoms with E-state index in [9.17, 15) is 4.79 Å². The van der Waals surface area contributed by atoms with Crippen molar-refractivity contribution in [2.45, 2.75) is 51.2 Å². The van der Waals surface area contributed by atoms with E-state index in [0.29, 0.717) is 11.7 Å². The van der Waals surface area contributed by atoms with Crippen LogP contribution in [0.2, 0.25) is 0 Å². The fraction of sp³-hybridized carbons (Fsp3) is 0.500. The molecule has 6 heteroatoms. The predicted molar refractivity (Wildman–Crippen MR) is 98.4 cm³/mol. The summed E-state index contributed by atoms with van der Waals surface area (Å²) in [6.07, 6.45) is 5.04. The van der Waals surface area contributed by atoms with Crippen molar-refractivity contribution in [2.75, 3.05) is 5.75 Å². The maximum atomic E-state index is 12.1. The summed E-state index contributed by atoms with van der Waals surface area (Å²) in [5.74, 6) is 1.10. The second-order valence-electron chi connectivity index (χ2n) is 6.40. The number of thioether (sulfide) groups is 1. The number of benzene rings is 1. The zero-order valence-electron chi connectivity index (χ0n) is 14.6. The monoisotopic (exact) mass is 346 g/mol. The number of hydrogen-bond donors (Lipinski definition) is 1. The van der Waals surface area contributed by atoms with Gasteiger partial charge in [0, 0.05) is 11.7 Å². The minimum Gasteiger partial charge on any atom is -0.353 e. The van der Waals surface area contributed by atoms with Gasteiger partial charge in [0.15, 0.2) is 5.16 Å². The van der Waals surface area contributed by atoms with Crippen molar-refractivity contribution in [3.05, 3.63) is 36.7 Å². The van der Waals surface area contributed by atoms with Crippen LogP contribution in [-0.2, 0) is 4.79 Å². The van der Waals surface area contributed by atoms with Gasteiger partial charge in [-0.25, -0.2) is 0 Å². The van der Waals surface area contributed by atoms with Gasteiger partial charge in [0.05, 0.1) is 5.75 Å². The average molecular weight is 347 g/mol. The van der Waals surface area contributed by atoms with Crippen molar-refractivity contribution in [3.8, 4) is 5.69 Å². The average Bonchev–Trinajstić information content (AvgIpc) is 3.02. The van der Waals surface area contributed by atoms with Gasteiger partial charge in [-0.15, -0.1) is 10.2 Å². The Balaban J connectivity index is 1.79. The van der Waals surface area contributed by atoms with Crippen LogP contribution in [0.5, 0.6) is 0 Å². The van der Waals surface area contributed by atoms with Gasteiger partial charge >= 0.3 is 0 Å². The Hall–Kier alpha value is -1.82. The Kier molecular flexibility index (Phi) is 7.31. The van der Waals surface area contributed by atoms with Gasteiger partial charge in [0.1, 0.15) is 6.33 Å². The van der Waals surface area contributed by atoms with E-state index in [0.717, 1.165) is 23.7 Å². The largest absolute Gasteiger partial charge is 0.353 e. The van der Waals surface area contributed by atoms with Crippen molar-refractivity contribution in [2.24, 2.45) is 5.92 Å². The van der Waals surface area contributed by atoms with Gasteiger partial charge < -0.3 is 5.32 Å². The summed E-state index contributed by atoms with van der Waals surface area (Å²) in [7, 11) is 0. The first-order chi connectivity index (χ1) is 11.6. The third-order valence-electron chi connectivity index (χ3n) is 3.71. The van der Waals surface area contributed by atoms with Gasteiger partial charge in [0.25, 0.3) is 0 Å². The van der Waals surface area contributed by atoms with E-state index in [1.54, 1.807) is 6.33 Å². The number of nitrogens with zero attached hydrogens (tertiary/aromatic N) is 3.